The number of aromatic nitrogens is 2. The molecule has 0 aromatic carbocycles. The van der Waals surface area contributed by atoms with Gasteiger partial charge in [-0.25, -0.2) is 9.97 Å². The van der Waals surface area contributed by atoms with E-state index in [4.69, 9.17) is 0 Å². The SMILES string of the molecule is Cc1cc(N2CCC(NC(=O)c3ccc(C)s3)CC2)nc(C)n1. The fourth-order valence-electron chi connectivity index (χ4n) is 2.93. The van der Waals surface area contributed by atoms with Crippen LogP contribution in [-0.4, -0.2) is 35.0 Å². The molecule has 1 N–H and O–H groups in total. The number of carbonyl (C=O) groups is 1. The standard InChI is InChI=1S/C17H22N4OS/c1-11-10-16(19-13(3)18-11)21-8-6-14(7-9-21)20-17(22)15-5-4-12(2)23-15/h4-5,10,14H,6-9H2,1-3H3,(H,20,22). The molecule has 0 bridgehead atoms. The monoisotopic (exact) mass is 330 g/mol. The zero-order valence-corrected chi connectivity index (χ0v) is 14.6. The van der Waals surface area contributed by atoms with Crippen molar-refractivity contribution < 1.29 is 4.79 Å². The summed E-state index contributed by atoms with van der Waals surface area (Å²) in [5.74, 6) is 1.85. The minimum Gasteiger partial charge on any atom is -0.356 e. The van der Waals surface area contributed by atoms with Crippen LogP contribution in [0.5, 0.6) is 0 Å². The maximum Gasteiger partial charge on any atom is 0.261 e. The lowest BCUT2D eigenvalue weighted by Gasteiger charge is -2.33. The van der Waals surface area contributed by atoms with Gasteiger partial charge in [0.15, 0.2) is 0 Å². The fourth-order valence-corrected chi connectivity index (χ4v) is 3.70. The maximum atomic E-state index is 12.2. The van der Waals surface area contributed by atoms with Crippen LogP contribution >= 0.6 is 11.3 Å². The largest absolute Gasteiger partial charge is 0.356 e. The van der Waals surface area contributed by atoms with Gasteiger partial charge in [-0.1, -0.05) is 0 Å². The normalized spacial score (nSPS) is 15.7. The van der Waals surface area contributed by atoms with E-state index in [0.29, 0.717) is 0 Å². The summed E-state index contributed by atoms with van der Waals surface area (Å²) >= 11 is 1.55. The molecule has 0 aliphatic carbocycles. The molecule has 0 unspecified atom stereocenters. The lowest BCUT2D eigenvalue weighted by molar-refractivity contribution is 0.0935. The Kier molecular flexibility index (Phi) is 4.61. The van der Waals surface area contributed by atoms with Gasteiger partial charge >= 0.3 is 0 Å². The van der Waals surface area contributed by atoms with Crippen molar-refractivity contribution in [3.05, 3.63) is 39.5 Å². The van der Waals surface area contributed by atoms with Crippen LogP contribution in [0.25, 0.3) is 0 Å². The van der Waals surface area contributed by atoms with E-state index >= 15 is 0 Å². The Hall–Kier alpha value is -1.95. The number of hydrogen-bond acceptors (Lipinski definition) is 5. The van der Waals surface area contributed by atoms with Crippen molar-refractivity contribution in [1.29, 1.82) is 0 Å². The number of amides is 1. The molecule has 5 nitrogen and oxygen atoms in total. The smallest absolute Gasteiger partial charge is 0.261 e. The highest BCUT2D eigenvalue weighted by Crippen LogP contribution is 2.20. The van der Waals surface area contributed by atoms with Crippen molar-refractivity contribution in [2.45, 2.75) is 39.7 Å². The van der Waals surface area contributed by atoms with E-state index in [-0.39, 0.29) is 11.9 Å². The van der Waals surface area contributed by atoms with Crippen molar-refractivity contribution in [2.24, 2.45) is 0 Å². The van der Waals surface area contributed by atoms with Gasteiger partial charge < -0.3 is 10.2 Å². The van der Waals surface area contributed by atoms with Crippen molar-refractivity contribution >= 4 is 23.1 Å². The van der Waals surface area contributed by atoms with E-state index < -0.39 is 0 Å². The third-order valence-corrected chi connectivity index (χ3v) is 5.07. The summed E-state index contributed by atoms with van der Waals surface area (Å²) in [4.78, 5) is 25.3. The molecule has 3 heterocycles. The van der Waals surface area contributed by atoms with Crippen LogP contribution in [0, 0.1) is 20.8 Å². The van der Waals surface area contributed by atoms with Crippen LogP contribution in [0.1, 0.15) is 38.9 Å². The molecular weight excluding hydrogens is 308 g/mol. The number of thiophene rings is 1. The van der Waals surface area contributed by atoms with Gasteiger partial charge in [-0.15, -0.1) is 11.3 Å². The molecular formula is C17H22N4OS. The lowest BCUT2D eigenvalue weighted by atomic mass is 10.0. The Bertz CT molecular complexity index is 684. The van der Waals surface area contributed by atoms with Crippen LogP contribution in [-0.2, 0) is 0 Å². The third-order valence-electron chi connectivity index (χ3n) is 4.07. The quantitative estimate of drug-likeness (QED) is 0.940. The molecule has 1 amide bonds. The molecule has 3 rings (SSSR count). The summed E-state index contributed by atoms with van der Waals surface area (Å²) in [6.45, 7) is 7.75. The van der Waals surface area contributed by atoms with Crippen LogP contribution in [0.15, 0.2) is 18.2 Å². The topological polar surface area (TPSA) is 58.1 Å². The minimum absolute atomic E-state index is 0.0512. The predicted molar refractivity (Wildman–Crippen MR) is 93.3 cm³/mol. The molecule has 1 aliphatic rings. The predicted octanol–water partition coefficient (Wildman–Crippen LogP) is 2.86. The summed E-state index contributed by atoms with van der Waals surface area (Å²) < 4.78 is 0. The number of hydrogen-bond donors (Lipinski definition) is 1. The Balaban J connectivity index is 1.57. The highest BCUT2D eigenvalue weighted by Gasteiger charge is 2.22. The van der Waals surface area contributed by atoms with Crippen LogP contribution < -0.4 is 10.2 Å². The van der Waals surface area contributed by atoms with E-state index in [0.717, 1.165) is 48.1 Å². The molecule has 1 saturated heterocycles. The lowest BCUT2D eigenvalue weighted by Crippen LogP contribution is -2.44. The molecule has 122 valence electrons. The molecule has 1 fully saturated rings. The second kappa shape index (κ2) is 6.66. The van der Waals surface area contributed by atoms with Gasteiger partial charge in [0.25, 0.3) is 5.91 Å². The second-order valence-corrected chi connectivity index (χ2v) is 7.35. The minimum atomic E-state index is 0.0512. The van der Waals surface area contributed by atoms with Crippen molar-refractivity contribution in [2.75, 3.05) is 18.0 Å². The first-order chi connectivity index (χ1) is 11.0. The van der Waals surface area contributed by atoms with Gasteiger partial charge in [-0.3, -0.25) is 4.79 Å². The first kappa shape index (κ1) is 15.9. The van der Waals surface area contributed by atoms with Crippen LogP contribution in [0.4, 0.5) is 5.82 Å². The number of nitrogens with one attached hydrogen (secondary N) is 1. The van der Waals surface area contributed by atoms with Crippen LogP contribution in [0.3, 0.4) is 0 Å². The highest BCUT2D eigenvalue weighted by atomic mass is 32.1. The first-order valence-corrected chi connectivity index (χ1v) is 8.77. The molecule has 1 aliphatic heterocycles. The van der Waals surface area contributed by atoms with Gasteiger partial charge in [-0.05, 0) is 45.7 Å². The number of anilines is 1. The number of carbonyl (C=O) groups excluding carboxylic acids is 1. The van der Waals surface area contributed by atoms with Crippen molar-refractivity contribution in [3.63, 3.8) is 0 Å². The molecule has 0 saturated carbocycles. The maximum absolute atomic E-state index is 12.2. The van der Waals surface area contributed by atoms with E-state index in [2.05, 4.69) is 20.2 Å². The summed E-state index contributed by atoms with van der Waals surface area (Å²) in [5.41, 5.74) is 0.996. The molecule has 0 radical (unpaired) electrons. The van der Waals surface area contributed by atoms with Gasteiger partial charge in [0.05, 0.1) is 4.88 Å². The van der Waals surface area contributed by atoms with Gasteiger partial charge in [0, 0.05) is 35.8 Å². The zero-order chi connectivity index (χ0) is 16.4. The van der Waals surface area contributed by atoms with Crippen LogP contribution in [0.2, 0.25) is 0 Å². The van der Waals surface area contributed by atoms with Gasteiger partial charge in [0.1, 0.15) is 11.6 Å². The first-order valence-electron chi connectivity index (χ1n) is 7.96. The Morgan fingerprint density at radius 1 is 1.22 bits per heavy atom. The third kappa shape index (κ3) is 3.88. The number of piperidine rings is 1. The molecule has 0 spiro atoms. The summed E-state index contributed by atoms with van der Waals surface area (Å²) in [6, 6.07) is 6.16. The molecule has 2 aromatic rings. The summed E-state index contributed by atoms with van der Waals surface area (Å²) in [5, 5.41) is 3.16. The summed E-state index contributed by atoms with van der Waals surface area (Å²) in [6.07, 6.45) is 1.89. The van der Waals surface area contributed by atoms with E-state index in [9.17, 15) is 4.79 Å². The fraction of sp³-hybridized carbons (Fsp3) is 0.471. The molecule has 0 atom stereocenters. The van der Waals surface area contributed by atoms with Crippen molar-refractivity contribution in [1.82, 2.24) is 15.3 Å². The average Bonchev–Trinajstić information content (AvgIpc) is 2.94. The number of aryl methyl sites for hydroxylation is 3. The molecule has 2 aromatic heterocycles. The second-order valence-electron chi connectivity index (χ2n) is 6.06. The molecule has 6 heteroatoms. The van der Waals surface area contributed by atoms with E-state index in [1.54, 1.807) is 11.3 Å². The van der Waals surface area contributed by atoms with E-state index in [1.807, 2.05) is 39.0 Å². The Morgan fingerprint density at radius 2 is 1.96 bits per heavy atom. The van der Waals surface area contributed by atoms with Gasteiger partial charge in [0.2, 0.25) is 0 Å². The van der Waals surface area contributed by atoms with Crippen molar-refractivity contribution in [3.8, 4) is 0 Å². The summed E-state index contributed by atoms with van der Waals surface area (Å²) in [7, 11) is 0. The number of rotatable bonds is 3. The average molecular weight is 330 g/mol. The Morgan fingerprint density at radius 3 is 2.57 bits per heavy atom. The highest BCUT2D eigenvalue weighted by molar-refractivity contribution is 7.13. The molecule has 23 heavy (non-hydrogen) atoms. The van der Waals surface area contributed by atoms with Gasteiger partial charge in [-0.2, -0.15) is 0 Å². The van der Waals surface area contributed by atoms with E-state index in [1.165, 1.54) is 4.88 Å². The zero-order valence-electron chi connectivity index (χ0n) is 13.8. The number of nitrogens with zero attached hydrogens (tertiary/aromatic N) is 3. The Labute approximate surface area is 140 Å².